The second kappa shape index (κ2) is 10.3. The Morgan fingerprint density at radius 1 is 1.22 bits per heavy atom. The number of carbonyl (C=O) groups is 1. The zero-order valence-electron chi connectivity index (χ0n) is 18.8. The average molecular weight is 454 g/mol. The number of benzene rings is 1. The van der Waals surface area contributed by atoms with Crippen molar-refractivity contribution in [3.8, 4) is 0 Å². The molecule has 2 aromatic heterocycles. The number of anilines is 1. The van der Waals surface area contributed by atoms with E-state index in [1.54, 1.807) is 6.07 Å². The summed E-state index contributed by atoms with van der Waals surface area (Å²) in [6, 6.07) is 12.1. The molecule has 0 spiro atoms. The first kappa shape index (κ1) is 22.5. The van der Waals surface area contributed by atoms with Crippen LogP contribution in [0.15, 0.2) is 41.2 Å². The molecule has 3 aromatic rings. The van der Waals surface area contributed by atoms with E-state index in [-0.39, 0.29) is 23.4 Å². The molecular weight excluding hydrogens is 422 g/mol. The molecule has 1 unspecified atom stereocenters. The highest BCUT2D eigenvalue weighted by Gasteiger charge is 2.27. The van der Waals surface area contributed by atoms with Gasteiger partial charge in [-0.1, -0.05) is 55.0 Å². The van der Waals surface area contributed by atoms with Gasteiger partial charge >= 0.3 is 0 Å². The molecule has 1 atom stereocenters. The van der Waals surface area contributed by atoms with Crippen LogP contribution in [0.3, 0.4) is 0 Å². The van der Waals surface area contributed by atoms with Crippen LogP contribution in [0.2, 0.25) is 0 Å². The summed E-state index contributed by atoms with van der Waals surface area (Å²) < 4.78 is 1.40. The topological polar surface area (TPSA) is 79.6 Å². The van der Waals surface area contributed by atoms with Gasteiger partial charge in [0.15, 0.2) is 0 Å². The molecule has 4 rings (SSSR count). The molecule has 32 heavy (non-hydrogen) atoms. The molecule has 1 amide bonds. The normalized spacial score (nSPS) is 15.8. The van der Waals surface area contributed by atoms with E-state index in [1.165, 1.54) is 21.4 Å². The summed E-state index contributed by atoms with van der Waals surface area (Å²) in [5.41, 5.74) is 2.00. The van der Waals surface area contributed by atoms with Crippen LogP contribution in [0.1, 0.15) is 50.8 Å². The van der Waals surface area contributed by atoms with Gasteiger partial charge in [0.2, 0.25) is 16.0 Å². The molecule has 0 radical (unpaired) electrons. The molecule has 1 aliphatic rings. The first-order chi connectivity index (χ1) is 15.5. The average Bonchev–Trinajstić information content (AvgIpc) is 3.24. The number of aryl methyl sites for hydroxylation is 2. The minimum atomic E-state index is -0.125. The molecule has 7 nitrogen and oxygen atoms in total. The third-order valence-electron chi connectivity index (χ3n) is 6.03. The first-order valence-electron chi connectivity index (χ1n) is 11.5. The van der Waals surface area contributed by atoms with Gasteiger partial charge in [-0.3, -0.25) is 9.59 Å². The van der Waals surface area contributed by atoms with E-state index in [9.17, 15) is 9.59 Å². The SMILES string of the molecule is CCCc1cc(=O)n2nc(N3CCC(C(=O)NC(C)CCc4ccccc4)CC3)sc2n1. The van der Waals surface area contributed by atoms with Gasteiger partial charge in [0, 0.05) is 36.8 Å². The molecule has 1 aromatic carbocycles. The Hall–Kier alpha value is -2.74. The fraction of sp³-hybridized carbons (Fsp3) is 0.500. The van der Waals surface area contributed by atoms with E-state index in [4.69, 9.17) is 0 Å². The van der Waals surface area contributed by atoms with Crippen LogP contribution in [-0.4, -0.2) is 39.6 Å². The molecule has 1 aliphatic heterocycles. The molecule has 3 heterocycles. The lowest BCUT2D eigenvalue weighted by atomic mass is 9.95. The number of hydrogen-bond acceptors (Lipinski definition) is 6. The Bertz CT molecular complexity index is 1100. The number of nitrogens with zero attached hydrogens (tertiary/aromatic N) is 4. The van der Waals surface area contributed by atoms with E-state index in [0.29, 0.717) is 4.96 Å². The first-order valence-corrected chi connectivity index (χ1v) is 12.3. The molecule has 0 bridgehead atoms. The maximum Gasteiger partial charge on any atom is 0.275 e. The van der Waals surface area contributed by atoms with Crippen molar-refractivity contribution in [3.05, 3.63) is 58.0 Å². The van der Waals surface area contributed by atoms with E-state index in [0.717, 1.165) is 62.4 Å². The summed E-state index contributed by atoms with van der Waals surface area (Å²) >= 11 is 1.45. The number of hydrogen-bond donors (Lipinski definition) is 1. The lowest BCUT2D eigenvalue weighted by Crippen LogP contribution is -2.43. The van der Waals surface area contributed by atoms with E-state index < -0.39 is 0 Å². The highest BCUT2D eigenvalue weighted by atomic mass is 32.1. The Morgan fingerprint density at radius 3 is 2.69 bits per heavy atom. The minimum absolute atomic E-state index is 0.0248. The molecule has 0 aliphatic carbocycles. The molecule has 1 saturated heterocycles. The summed E-state index contributed by atoms with van der Waals surface area (Å²) in [6.45, 7) is 5.67. The van der Waals surface area contributed by atoms with Crippen molar-refractivity contribution in [3.63, 3.8) is 0 Å². The third kappa shape index (κ3) is 5.35. The number of amides is 1. The Morgan fingerprint density at radius 2 is 1.97 bits per heavy atom. The Labute approximate surface area is 192 Å². The number of aromatic nitrogens is 3. The van der Waals surface area contributed by atoms with Gasteiger partial charge in [0.05, 0.1) is 0 Å². The van der Waals surface area contributed by atoms with Gasteiger partial charge in [-0.25, -0.2) is 4.98 Å². The molecule has 8 heteroatoms. The summed E-state index contributed by atoms with van der Waals surface area (Å²) in [7, 11) is 0. The van der Waals surface area contributed by atoms with Crippen molar-refractivity contribution in [2.24, 2.45) is 5.92 Å². The van der Waals surface area contributed by atoms with Crippen LogP contribution >= 0.6 is 11.3 Å². The van der Waals surface area contributed by atoms with Gasteiger partial charge in [-0.05, 0) is 44.6 Å². The quantitative estimate of drug-likeness (QED) is 0.565. The molecule has 1 N–H and O–H groups in total. The van der Waals surface area contributed by atoms with Crippen LogP contribution in [-0.2, 0) is 17.6 Å². The van der Waals surface area contributed by atoms with Gasteiger partial charge < -0.3 is 10.2 Å². The Kier molecular flexibility index (Phi) is 7.19. The van der Waals surface area contributed by atoms with Gasteiger partial charge in [-0.2, -0.15) is 4.52 Å². The number of fused-ring (bicyclic) bond motifs is 1. The fourth-order valence-corrected chi connectivity index (χ4v) is 5.13. The summed E-state index contributed by atoms with van der Waals surface area (Å²) in [4.78, 5) is 32.5. The van der Waals surface area contributed by atoms with Crippen molar-refractivity contribution in [1.29, 1.82) is 0 Å². The highest BCUT2D eigenvalue weighted by molar-refractivity contribution is 7.20. The molecule has 1 fully saturated rings. The minimum Gasteiger partial charge on any atom is -0.353 e. The highest BCUT2D eigenvalue weighted by Crippen LogP contribution is 2.27. The third-order valence-corrected chi connectivity index (χ3v) is 7.00. The van der Waals surface area contributed by atoms with Crippen molar-refractivity contribution in [2.75, 3.05) is 18.0 Å². The van der Waals surface area contributed by atoms with Crippen LogP contribution < -0.4 is 15.8 Å². The van der Waals surface area contributed by atoms with Crippen LogP contribution in [0.5, 0.6) is 0 Å². The van der Waals surface area contributed by atoms with Crippen molar-refractivity contribution >= 4 is 27.3 Å². The summed E-state index contributed by atoms with van der Waals surface area (Å²) in [5.74, 6) is 0.174. The van der Waals surface area contributed by atoms with E-state index >= 15 is 0 Å². The van der Waals surface area contributed by atoms with Crippen molar-refractivity contribution in [1.82, 2.24) is 19.9 Å². The van der Waals surface area contributed by atoms with E-state index in [2.05, 4.69) is 46.3 Å². The summed E-state index contributed by atoms with van der Waals surface area (Å²) in [6.07, 6.45) is 5.22. The van der Waals surface area contributed by atoms with Crippen LogP contribution in [0, 0.1) is 5.92 Å². The van der Waals surface area contributed by atoms with Crippen molar-refractivity contribution in [2.45, 2.75) is 58.4 Å². The van der Waals surface area contributed by atoms with Gasteiger partial charge in [0.25, 0.3) is 5.56 Å². The zero-order chi connectivity index (χ0) is 22.5. The predicted molar refractivity (Wildman–Crippen MR) is 128 cm³/mol. The monoisotopic (exact) mass is 453 g/mol. The standard InChI is InChI=1S/C24H31N5O2S/c1-3-7-20-16-21(30)29-23(26-20)32-24(27-29)28-14-12-19(13-15-28)22(31)25-17(2)10-11-18-8-5-4-6-9-18/h4-6,8-9,16-17,19H,3,7,10-15H2,1-2H3,(H,25,31). The van der Waals surface area contributed by atoms with Crippen LogP contribution in [0.25, 0.3) is 4.96 Å². The summed E-state index contributed by atoms with van der Waals surface area (Å²) in [5, 5.41) is 8.49. The second-order valence-corrected chi connectivity index (χ2v) is 9.54. The number of rotatable bonds is 8. The fourth-order valence-electron chi connectivity index (χ4n) is 4.15. The number of nitrogens with one attached hydrogen (secondary N) is 1. The molecule has 170 valence electrons. The largest absolute Gasteiger partial charge is 0.353 e. The molecule has 0 saturated carbocycles. The number of piperidine rings is 1. The Balaban J connectivity index is 1.30. The van der Waals surface area contributed by atoms with Crippen molar-refractivity contribution < 1.29 is 4.79 Å². The lowest BCUT2D eigenvalue weighted by molar-refractivity contribution is -0.126. The maximum atomic E-state index is 12.7. The molecular formula is C24H31N5O2S. The second-order valence-electron chi connectivity index (χ2n) is 8.61. The van der Waals surface area contributed by atoms with Gasteiger partial charge in [-0.15, -0.1) is 5.10 Å². The number of carbonyl (C=O) groups excluding carboxylic acids is 1. The zero-order valence-corrected chi connectivity index (χ0v) is 19.6. The smallest absolute Gasteiger partial charge is 0.275 e. The van der Waals surface area contributed by atoms with E-state index in [1.807, 2.05) is 18.2 Å². The predicted octanol–water partition coefficient (Wildman–Crippen LogP) is 3.46. The van der Waals surface area contributed by atoms with Crippen LogP contribution in [0.4, 0.5) is 5.13 Å². The lowest BCUT2D eigenvalue weighted by Gasteiger charge is -2.31. The maximum absolute atomic E-state index is 12.7. The van der Waals surface area contributed by atoms with Gasteiger partial charge in [0.1, 0.15) is 0 Å².